The van der Waals surface area contributed by atoms with E-state index in [4.69, 9.17) is 0 Å². The lowest BCUT2D eigenvalue weighted by Gasteiger charge is -2.02. The average molecular weight is 260 g/mol. The summed E-state index contributed by atoms with van der Waals surface area (Å²) in [7, 11) is 0. The first-order valence-corrected chi connectivity index (χ1v) is 6.31. The molecule has 1 N–H and O–H groups in total. The molecule has 2 nitrogen and oxygen atoms in total. The number of nitrogens with zero attached hydrogens (tertiary/aromatic N) is 1. The lowest BCUT2D eigenvalue weighted by molar-refractivity contribution is 0.630. The van der Waals surface area contributed by atoms with E-state index in [-0.39, 0.29) is 5.82 Å². The smallest absolute Gasteiger partial charge is 0.123 e. The molecule has 4 aromatic rings. The van der Waals surface area contributed by atoms with Gasteiger partial charge in [0.1, 0.15) is 5.82 Å². The molecule has 0 fully saturated rings. The quantitative estimate of drug-likeness (QED) is 0.497. The number of fused-ring (bicyclic) bond motifs is 5. The van der Waals surface area contributed by atoms with Crippen LogP contribution in [0.1, 0.15) is 5.56 Å². The number of nitrogens with one attached hydrogen (secondary N) is 1. The van der Waals surface area contributed by atoms with Crippen molar-refractivity contribution in [2.75, 3.05) is 0 Å². The van der Waals surface area contributed by atoms with Crippen molar-refractivity contribution in [3.05, 3.63) is 59.9 Å². The molecule has 0 bridgehead atoms. The SMILES string of the molecule is N#Cc1cc2cc(F)ccc2c2[nH]c3ccccc3c12. The highest BCUT2D eigenvalue weighted by Gasteiger charge is 2.12. The number of halogens is 1. The van der Waals surface area contributed by atoms with Crippen molar-refractivity contribution in [1.29, 1.82) is 5.26 Å². The van der Waals surface area contributed by atoms with Crippen molar-refractivity contribution < 1.29 is 4.39 Å². The molecular weight excluding hydrogens is 251 g/mol. The van der Waals surface area contributed by atoms with E-state index in [1.54, 1.807) is 12.1 Å². The molecule has 0 atom stereocenters. The van der Waals surface area contributed by atoms with Crippen LogP contribution in [0.2, 0.25) is 0 Å². The molecule has 0 amide bonds. The minimum atomic E-state index is -0.295. The molecule has 1 aromatic heterocycles. The highest BCUT2D eigenvalue weighted by atomic mass is 19.1. The zero-order valence-electron chi connectivity index (χ0n) is 10.4. The molecule has 0 saturated heterocycles. The number of hydrogen-bond donors (Lipinski definition) is 1. The van der Waals surface area contributed by atoms with Crippen molar-refractivity contribution in [2.45, 2.75) is 0 Å². The summed E-state index contributed by atoms with van der Waals surface area (Å²) >= 11 is 0. The highest BCUT2D eigenvalue weighted by Crippen LogP contribution is 2.34. The van der Waals surface area contributed by atoms with Gasteiger partial charge in [-0.3, -0.25) is 0 Å². The van der Waals surface area contributed by atoms with Crippen molar-refractivity contribution in [3.8, 4) is 6.07 Å². The van der Waals surface area contributed by atoms with Gasteiger partial charge in [-0.05, 0) is 35.7 Å². The summed E-state index contributed by atoms with van der Waals surface area (Å²) in [6.07, 6.45) is 0. The monoisotopic (exact) mass is 260 g/mol. The van der Waals surface area contributed by atoms with Gasteiger partial charge in [0.15, 0.2) is 0 Å². The number of hydrogen-bond acceptors (Lipinski definition) is 1. The lowest BCUT2D eigenvalue weighted by Crippen LogP contribution is -1.83. The van der Waals surface area contributed by atoms with E-state index in [0.29, 0.717) is 5.56 Å². The number of para-hydroxylation sites is 1. The van der Waals surface area contributed by atoms with Crippen molar-refractivity contribution >= 4 is 32.6 Å². The van der Waals surface area contributed by atoms with E-state index in [1.807, 2.05) is 24.3 Å². The molecule has 0 spiro atoms. The van der Waals surface area contributed by atoms with Crippen LogP contribution in [-0.2, 0) is 0 Å². The number of rotatable bonds is 0. The second-order valence-electron chi connectivity index (χ2n) is 4.82. The molecule has 4 rings (SSSR count). The predicted molar refractivity (Wildman–Crippen MR) is 78.0 cm³/mol. The highest BCUT2D eigenvalue weighted by molar-refractivity contribution is 6.19. The Bertz CT molecular complexity index is 1020. The Morgan fingerprint density at radius 3 is 2.70 bits per heavy atom. The molecule has 3 aromatic carbocycles. The van der Waals surface area contributed by atoms with Gasteiger partial charge in [-0.2, -0.15) is 5.26 Å². The molecule has 0 aliphatic heterocycles. The van der Waals surface area contributed by atoms with Gasteiger partial charge < -0.3 is 4.98 Å². The summed E-state index contributed by atoms with van der Waals surface area (Å²) < 4.78 is 13.4. The first-order chi connectivity index (χ1) is 9.78. The molecule has 0 aliphatic rings. The lowest BCUT2D eigenvalue weighted by atomic mass is 10.0. The standard InChI is InChI=1S/C17H9FN2/c18-12-5-6-13-10(8-12)7-11(9-19)16-14-3-1-2-4-15(14)20-17(13)16/h1-8,20H. The number of aromatic nitrogens is 1. The van der Waals surface area contributed by atoms with Gasteiger partial charge in [0, 0.05) is 21.7 Å². The maximum Gasteiger partial charge on any atom is 0.123 e. The summed E-state index contributed by atoms with van der Waals surface area (Å²) in [6, 6.07) is 16.5. The van der Waals surface area contributed by atoms with Crippen LogP contribution in [0.5, 0.6) is 0 Å². The van der Waals surface area contributed by atoms with Crippen molar-refractivity contribution in [3.63, 3.8) is 0 Å². The topological polar surface area (TPSA) is 39.6 Å². The van der Waals surface area contributed by atoms with E-state index >= 15 is 0 Å². The van der Waals surface area contributed by atoms with E-state index < -0.39 is 0 Å². The van der Waals surface area contributed by atoms with E-state index in [1.165, 1.54) is 12.1 Å². The van der Waals surface area contributed by atoms with Crippen LogP contribution in [0.3, 0.4) is 0 Å². The molecule has 0 aliphatic carbocycles. The second-order valence-corrected chi connectivity index (χ2v) is 4.82. The van der Waals surface area contributed by atoms with Crippen molar-refractivity contribution in [2.24, 2.45) is 0 Å². The summed E-state index contributed by atoms with van der Waals surface area (Å²) in [5.74, 6) is -0.295. The summed E-state index contributed by atoms with van der Waals surface area (Å²) in [4.78, 5) is 3.34. The van der Waals surface area contributed by atoms with Gasteiger partial charge >= 0.3 is 0 Å². The summed E-state index contributed by atoms with van der Waals surface area (Å²) in [5.41, 5.74) is 2.44. The van der Waals surface area contributed by atoms with Gasteiger partial charge in [0.05, 0.1) is 17.1 Å². The molecule has 3 heteroatoms. The fourth-order valence-corrected chi connectivity index (χ4v) is 2.82. The molecule has 94 valence electrons. The fraction of sp³-hybridized carbons (Fsp3) is 0. The van der Waals surface area contributed by atoms with E-state index in [9.17, 15) is 9.65 Å². The fourth-order valence-electron chi connectivity index (χ4n) is 2.82. The van der Waals surface area contributed by atoms with Crippen LogP contribution >= 0.6 is 0 Å². The predicted octanol–water partition coefficient (Wildman–Crippen LogP) is 4.49. The molecule has 0 unspecified atom stereocenters. The maximum absolute atomic E-state index is 13.4. The Balaban J connectivity index is 2.35. The van der Waals surface area contributed by atoms with Crippen LogP contribution in [-0.4, -0.2) is 4.98 Å². The van der Waals surface area contributed by atoms with Crippen LogP contribution in [0, 0.1) is 17.1 Å². The molecule has 20 heavy (non-hydrogen) atoms. The molecule has 1 heterocycles. The minimum absolute atomic E-state index is 0.295. The van der Waals surface area contributed by atoms with Gasteiger partial charge in [-0.25, -0.2) is 4.39 Å². The molecule has 0 saturated carbocycles. The van der Waals surface area contributed by atoms with E-state index in [2.05, 4.69) is 11.1 Å². The van der Waals surface area contributed by atoms with Crippen LogP contribution in [0.15, 0.2) is 48.5 Å². The Morgan fingerprint density at radius 2 is 1.85 bits per heavy atom. The van der Waals surface area contributed by atoms with Gasteiger partial charge in [-0.1, -0.05) is 18.2 Å². The van der Waals surface area contributed by atoms with E-state index in [0.717, 1.165) is 32.6 Å². The van der Waals surface area contributed by atoms with Crippen LogP contribution in [0.4, 0.5) is 4.39 Å². The Labute approximate surface area is 114 Å². The average Bonchev–Trinajstić information content (AvgIpc) is 2.85. The zero-order valence-corrected chi connectivity index (χ0v) is 10.4. The minimum Gasteiger partial charge on any atom is -0.354 e. The molecular formula is C17H9FN2. The third kappa shape index (κ3) is 1.36. The summed E-state index contributed by atoms with van der Waals surface area (Å²) in [6.45, 7) is 0. The van der Waals surface area contributed by atoms with Gasteiger partial charge in [-0.15, -0.1) is 0 Å². The van der Waals surface area contributed by atoms with Crippen LogP contribution in [0.25, 0.3) is 32.6 Å². The Hall–Kier alpha value is -2.86. The Morgan fingerprint density at radius 1 is 1.00 bits per heavy atom. The zero-order chi connectivity index (χ0) is 13.7. The van der Waals surface area contributed by atoms with Gasteiger partial charge in [0.25, 0.3) is 0 Å². The third-order valence-corrected chi connectivity index (χ3v) is 3.68. The second kappa shape index (κ2) is 3.82. The first-order valence-electron chi connectivity index (χ1n) is 6.31. The number of aromatic amines is 1. The van der Waals surface area contributed by atoms with Crippen molar-refractivity contribution in [1.82, 2.24) is 4.98 Å². The first kappa shape index (κ1) is 11.0. The summed E-state index contributed by atoms with van der Waals surface area (Å²) in [5, 5.41) is 13.0. The normalized spacial score (nSPS) is 11.2. The third-order valence-electron chi connectivity index (χ3n) is 3.68. The number of H-pyrrole nitrogens is 1. The van der Waals surface area contributed by atoms with Crippen LogP contribution < -0.4 is 0 Å². The maximum atomic E-state index is 13.4. The Kier molecular flexibility index (Phi) is 2.10. The number of benzene rings is 3. The largest absolute Gasteiger partial charge is 0.354 e. The molecule has 0 radical (unpaired) electrons. The number of nitriles is 1. The van der Waals surface area contributed by atoms with Gasteiger partial charge in [0.2, 0.25) is 0 Å².